The van der Waals surface area contributed by atoms with Gasteiger partial charge in [-0.2, -0.15) is 0 Å². The lowest BCUT2D eigenvalue weighted by Gasteiger charge is -2.37. The zero-order chi connectivity index (χ0) is 26.6. The van der Waals surface area contributed by atoms with Crippen LogP contribution in [0.15, 0.2) is 108 Å². The Kier molecular flexibility index (Phi) is 7.13. The number of nitrogens with one attached hydrogen (secondary N) is 1. The number of hydrogen-bond acceptors (Lipinski definition) is 4. The van der Waals surface area contributed by atoms with Crippen molar-refractivity contribution in [1.82, 2.24) is 0 Å². The van der Waals surface area contributed by atoms with Gasteiger partial charge in [0.1, 0.15) is 12.4 Å². The molecule has 39 heavy (non-hydrogen) atoms. The smallest absolute Gasteiger partial charge is 0.161 e. The molecular weight excluding hydrogens is 487 g/mol. The molecular formula is C34H31FN2O2. The van der Waals surface area contributed by atoms with Gasteiger partial charge in [0.25, 0.3) is 0 Å². The fourth-order valence-electron chi connectivity index (χ4n) is 5.52. The van der Waals surface area contributed by atoms with Gasteiger partial charge in [-0.3, -0.25) is 4.99 Å². The first kappa shape index (κ1) is 24.9. The van der Waals surface area contributed by atoms with Gasteiger partial charge in [0.05, 0.1) is 18.3 Å². The topological polar surface area (TPSA) is 42.8 Å². The number of ether oxygens (including phenoxy) is 2. The van der Waals surface area contributed by atoms with Gasteiger partial charge in [-0.25, -0.2) is 4.39 Å². The number of para-hydroxylation sites is 1. The number of rotatable bonds is 8. The Bertz CT molecular complexity index is 1490. The highest BCUT2D eigenvalue weighted by molar-refractivity contribution is 5.83. The average Bonchev–Trinajstić information content (AvgIpc) is 3.47. The first-order valence-electron chi connectivity index (χ1n) is 13.5. The predicted molar refractivity (Wildman–Crippen MR) is 155 cm³/mol. The molecule has 4 aromatic rings. The molecule has 1 N–H and O–H groups in total. The van der Waals surface area contributed by atoms with Crippen LogP contribution < -0.4 is 14.8 Å². The van der Waals surface area contributed by atoms with E-state index in [1.54, 1.807) is 12.1 Å². The molecule has 0 unspecified atom stereocenters. The molecule has 4 aromatic carbocycles. The third-order valence-corrected chi connectivity index (χ3v) is 7.46. The van der Waals surface area contributed by atoms with Gasteiger partial charge in [0.2, 0.25) is 0 Å². The maximum atomic E-state index is 13.2. The van der Waals surface area contributed by atoms with Crippen LogP contribution in [-0.4, -0.2) is 12.8 Å². The predicted octanol–water partition coefficient (Wildman–Crippen LogP) is 8.38. The zero-order valence-corrected chi connectivity index (χ0v) is 21.9. The number of nitrogens with zero attached hydrogens (tertiary/aromatic N) is 1. The van der Waals surface area contributed by atoms with Crippen molar-refractivity contribution in [3.63, 3.8) is 0 Å². The van der Waals surface area contributed by atoms with Crippen molar-refractivity contribution in [3.05, 3.63) is 131 Å². The van der Waals surface area contributed by atoms with Gasteiger partial charge in [0.15, 0.2) is 11.5 Å². The highest BCUT2D eigenvalue weighted by Crippen LogP contribution is 2.49. The Balaban J connectivity index is 1.15. The second-order valence-electron chi connectivity index (χ2n) is 9.97. The second-order valence-corrected chi connectivity index (χ2v) is 9.97. The van der Waals surface area contributed by atoms with Crippen LogP contribution in [0.2, 0.25) is 0 Å². The summed E-state index contributed by atoms with van der Waals surface area (Å²) >= 11 is 0. The summed E-state index contributed by atoms with van der Waals surface area (Å²) in [4.78, 5) is 4.71. The molecule has 0 bridgehead atoms. The molecule has 0 saturated heterocycles. The molecule has 1 aliphatic carbocycles. The monoisotopic (exact) mass is 518 g/mol. The lowest BCUT2D eigenvalue weighted by molar-refractivity contribution is 0.269. The van der Waals surface area contributed by atoms with E-state index >= 15 is 0 Å². The van der Waals surface area contributed by atoms with Gasteiger partial charge >= 0.3 is 0 Å². The van der Waals surface area contributed by atoms with Crippen LogP contribution in [0.3, 0.4) is 0 Å². The summed E-state index contributed by atoms with van der Waals surface area (Å²) in [6.07, 6.45) is 7.61. The molecule has 0 amide bonds. The summed E-state index contributed by atoms with van der Waals surface area (Å²) in [7, 11) is 0. The van der Waals surface area contributed by atoms with E-state index in [1.807, 2.05) is 31.3 Å². The minimum atomic E-state index is -0.261. The van der Waals surface area contributed by atoms with Crippen molar-refractivity contribution in [2.24, 2.45) is 10.9 Å². The number of aliphatic imine (C=N–C) groups is 1. The molecule has 0 fully saturated rings. The molecule has 1 heterocycles. The number of halogens is 1. The zero-order valence-electron chi connectivity index (χ0n) is 21.9. The highest BCUT2D eigenvalue weighted by Gasteiger charge is 2.37. The summed E-state index contributed by atoms with van der Waals surface area (Å²) in [5.74, 6) is 2.02. The Labute approximate surface area is 228 Å². The van der Waals surface area contributed by atoms with E-state index in [4.69, 9.17) is 14.5 Å². The molecule has 1 aliphatic heterocycles. The maximum Gasteiger partial charge on any atom is 0.161 e. The largest absolute Gasteiger partial charge is 0.490 e. The third kappa shape index (κ3) is 5.44. The van der Waals surface area contributed by atoms with Crippen molar-refractivity contribution in [2.75, 3.05) is 11.9 Å². The van der Waals surface area contributed by atoms with Gasteiger partial charge in [-0.05, 0) is 90.0 Å². The lowest BCUT2D eigenvalue weighted by atomic mass is 9.77. The van der Waals surface area contributed by atoms with Crippen molar-refractivity contribution in [3.8, 4) is 11.5 Å². The third-order valence-electron chi connectivity index (χ3n) is 7.46. The minimum Gasteiger partial charge on any atom is -0.490 e. The van der Waals surface area contributed by atoms with E-state index in [0.29, 0.717) is 36.5 Å². The van der Waals surface area contributed by atoms with Crippen LogP contribution in [0.4, 0.5) is 15.8 Å². The fraction of sp³-hybridized carbons (Fsp3) is 0.206. The van der Waals surface area contributed by atoms with Gasteiger partial charge in [-0.15, -0.1) is 0 Å². The normalized spacial score (nSPS) is 19.4. The second kappa shape index (κ2) is 11.2. The van der Waals surface area contributed by atoms with Gasteiger partial charge < -0.3 is 14.8 Å². The standard InChI is InChI=1S/C34H31FN2O2/c1-2-38-33-20-24(12-19-32(33)39-22-23-10-15-26(35)16-11-23)21-36-27-17-13-25(14-18-27)34-30-8-5-7-28(30)29-6-3-4-9-31(29)37-34/h3-7,9-21,28,30,34,37H,2,8,22H2,1H3/t28-,30+,34+/m1/s1. The van der Waals surface area contributed by atoms with Crippen molar-refractivity contribution in [2.45, 2.75) is 31.9 Å². The summed E-state index contributed by atoms with van der Waals surface area (Å²) in [6, 6.07) is 29.5. The van der Waals surface area contributed by atoms with Crippen molar-refractivity contribution >= 4 is 17.6 Å². The van der Waals surface area contributed by atoms with E-state index in [-0.39, 0.29) is 11.9 Å². The van der Waals surface area contributed by atoms with Gasteiger partial charge in [-0.1, -0.05) is 54.6 Å². The van der Waals surface area contributed by atoms with Crippen LogP contribution in [-0.2, 0) is 6.61 Å². The SMILES string of the molecule is CCOc1cc(C=Nc2ccc([C@@H]3Nc4ccccc4[C@H]4C=CC[C@@H]43)cc2)ccc1OCc1ccc(F)cc1. The van der Waals surface area contributed by atoms with E-state index in [2.05, 4.69) is 66.0 Å². The summed E-state index contributed by atoms with van der Waals surface area (Å²) in [5.41, 5.74) is 6.61. The Morgan fingerprint density at radius 1 is 0.923 bits per heavy atom. The first-order valence-corrected chi connectivity index (χ1v) is 13.5. The molecule has 3 atom stereocenters. The summed E-state index contributed by atoms with van der Waals surface area (Å²) < 4.78 is 25.0. The molecule has 2 aliphatic rings. The minimum absolute atomic E-state index is 0.261. The van der Waals surface area contributed by atoms with Crippen LogP contribution >= 0.6 is 0 Å². The maximum absolute atomic E-state index is 13.2. The van der Waals surface area contributed by atoms with Crippen LogP contribution in [0.5, 0.6) is 11.5 Å². The van der Waals surface area contributed by atoms with E-state index in [1.165, 1.54) is 28.9 Å². The van der Waals surface area contributed by atoms with Crippen LogP contribution in [0.1, 0.15) is 47.6 Å². The molecule has 0 aromatic heterocycles. The molecule has 4 nitrogen and oxygen atoms in total. The number of anilines is 1. The van der Waals surface area contributed by atoms with E-state index < -0.39 is 0 Å². The Morgan fingerprint density at radius 2 is 1.74 bits per heavy atom. The molecule has 6 rings (SSSR count). The number of hydrogen-bond donors (Lipinski definition) is 1. The molecule has 5 heteroatoms. The molecule has 196 valence electrons. The first-order chi connectivity index (χ1) is 19.2. The average molecular weight is 519 g/mol. The summed E-state index contributed by atoms with van der Waals surface area (Å²) in [6.45, 7) is 2.79. The molecule has 0 saturated carbocycles. The Morgan fingerprint density at radius 3 is 2.56 bits per heavy atom. The number of benzene rings is 4. The fourth-order valence-corrected chi connectivity index (χ4v) is 5.52. The Hall–Kier alpha value is -4.38. The molecule has 0 radical (unpaired) electrons. The number of fused-ring (bicyclic) bond motifs is 3. The van der Waals surface area contributed by atoms with Crippen LogP contribution in [0, 0.1) is 11.7 Å². The van der Waals surface area contributed by atoms with E-state index in [9.17, 15) is 4.39 Å². The van der Waals surface area contributed by atoms with Crippen molar-refractivity contribution in [1.29, 1.82) is 0 Å². The van der Waals surface area contributed by atoms with Crippen LogP contribution in [0.25, 0.3) is 0 Å². The summed E-state index contributed by atoms with van der Waals surface area (Å²) in [5, 5.41) is 3.79. The van der Waals surface area contributed by atoms with Gasteiger partial charge in [0, 0.05) is 17.8 Å². The quantitative estimate of drug-likeness (QED) is 0.188. The van der Waals surface area contributed by atoms with Crippen molar-refractivity contribution < 1.29 is 13.9 Å². The number of allylic oxidation sites excluding steroid dienone is 2. The van der Waals surface area contributed by atoms with E-state index in [0.717, 1.165) is 23.2 Å². The molecule has 0 spiro atoms. The highest BCUT2D eigenvalue weighted by atomic mass is 19.1. The lowest BCUT2D eigenvalue weighted by Crippen LogP contribution is -2.28.